The summed E-state index contributed by atoms with van der Waals surface area (Å²) in [5, 5.41) is 13.1. The Bertz CT molecular complexity index is 725. The molecule has 0 spiro atoms. The predicted octanol–water partition coefficient (Wildman–Crippen LogP) is 2.75. The molecule has 1 amide bonds. The first kappa shape index (κ1) is 17.8. The van der Waals surface area contributed by atoms with Crippen LogP contribution in [-0.4, -0.2) is 39.6 Å². The number of nitriles is 1. The third-order valence-electron chi connectivity index (χ3n) is 3.73. The van der Waals surface area contributed by atoms with Crippen molar-refractivity contribution in [3.63, 3.8) is 0 Å². The van der Waals surface area contributed by atoms with Crippen molar-refractivity contribution in [3.05, 3.63) is 42.2 Å². The SMILES string of the molecule is COc1cc(-n2cccn2)ccc1CN(C(=O)CCl)C(C)CC#N. The Morgan fingerprint density at radius 1 is 1.54 bits per heavy atom. The van der Waals surface area contributed by atoms with Crippen molar-refractivity contribution in [2.75, 3.05) is 13.0 Å². The summed E-state index contributed by atoms with van der Waals surface area (Å²) < 4.78 is 7.19. The van der Waals surface area contributed by atoms with E-state index >= 15 is 0 Å². The minimum atomic E-state index is -0.225. The second-order valence-electron chi connectivity index (χ2n) is 5.31. The Hall–Kier alpha value is -2.52. The van der Waals surface area contributed by atoms with Gasteiger partial charge in [0, 0.05) is 36.6 Å². The maximum absolute atomic E-state index is 12.1. The standard InChI is InChI=1S/C17H19ClN4O2/c1-13(6-7-19)21(17(23)11-18)12-14-4-5-15(10-16(14)24-2)22-9-3-8-20-22/h3-5,8-10,13H,6,11-12H2,1-2H3. The number of nitrogens with zero attached hydrogens (tertiary/aromatic N) is 4. The van der Waals surface area contributed by atoms with E-state index in [0.29, 0.717) is 12.3 Å². The van der Waals surface area contributed by atoms with Crippen LogP contribution < -0.4 is 4.74 Å². The first-order chi connectivity index (χ1) is 11.6. The number of aromatic nitrogens is 2. The zero-order valence-corrected chi connectivity index (χ0v) is 14.4. The number of rotatable bonds is 7. The van der Waals surface area contributed by atoms with Crippen molar-refractivity contribution >= 4 is 17.5 Å². The Kier molecular flexibility index (Phi) is 6.21. The molecule has 7 heteroatoms. The van der Waals surface area contributed by atoms with Crippen LogP contribution in [0.1, 0.15) is 18.9 Å². The minimum absolute atomic E-state index is 0.122. The van der Waals surface area contributed by atoms with E-state index in [0.717, 1.165) is 11.3 Å². The molecule has 1 unspecified atom stereocenters. The molecule has 2 aromatic rings. The summed E-state index contributed by atoms with van der Waals surface area (Å²) in [6.07, 6.45) is 3.79. The summed E-state index contributed by atoms with van der Waals surface area (Å²) in [5.41, 5.74) is 1.71. The molecule has 0 saturated carbocycles. The zero-order chi connectivity index (χ0) is 17.5. The zero-order valence-electron chi connectivity index (χ0n) is 13.6. The van der Waals surface area contributed by atoms with Crippen molar-refractivity contribution < 1.29 is 9.53 Å². The lowest BCUT2D eigenvalue weighted by Gasteiger charge is -2.28. The molecule has 0 bridgehead atoms. The number of benzene rings is 1. The minimum Gasteiger partial charge on any atom is -0.496 e. The van der Waals surface area contributed by atoms with E-state index in [9.17, 15) is 4.79 Å². The molecule has 0 radical (unpaired) electrons. The molecule has 2 rings (SSSR count). The van der Waals surface area contributed by atoms with Crippen molar-refractivity contribution in [3.8, 4) is 17.5 Å². The fourth-order valence-electron chi connectivity index (χ4n) is 2.42. The van der Waals surface area contributed by atoms with Crippen LogP contribution >= 0.6 is 11.6 Å². The van der Waals surface area contributed by atoms with E-state index in [1.54, 1.807) is 22.9 Å². The summed E-state index contributed by atoms with van der Waals surface area (Å²) >= 11 is 5.71. The molecule has 1 aromatic carbocycles. The maximum atomic E-state index is 12.1. The van der Waals surface area contributed by atoms with Gasteiger partial charge in [0.15, 0.2) is 0 Å². The van der Waals surface area contributed by atoms with Crippen LogP contribution in [0.4, 0.5) is 0 Å². The Morgan fingerprint density at radius 2 is 2.33 bits per heavy atom. The van der Waals surface area contributed by atoms with E-state index in [-0.39, 0.29) is 24.2 Å². The molecule has 6 nitrogen and oxygen atoms in total. The molecule has 0 fully saturated rings. The average molecular weight is 347 g/mol. The summed E-state index contributed by atoms with van der Waals surface area (Å²) in [6.45, 7) is 2.16. The van der Waals surface area contributed by atoms with Crippen molar-refractivity contribution in [1.82, 2.24) is 14.7 Å². The average Bonchev–Trinajstić information content (AvgIpc) is 3.13. The Morgan fingerprint density at radius 3 is 2.92 bits per heavy atom. The topological polar surface area (TPSA) is 71.2 Å². The van der Waals surface area contributed by atoms with Crippen LogP contribution in [0.25, 0.3) is 5.69 Å². The summed E-state index contributed by atoms with van der Waals surface area (Å²) in [5.74, 6) is 0.320. The molecule has 24 heavy (non-hydrogen) atoms. The van der Waals surface area contributed by atoms with Gasteiger partial charge in [-0.2, -0.15) is 10.4 Å². The number of halogens is 1. The van der Waals surface area contributed by atoms with E-state index in [1.165, 1.54) is 0 Å². The Balaban J connectivity index is 2.29. The van der Waals surface area contributed by atoms with E-state index in [4.69, 9.17) is 21.6 Å². The lowest BCUT2D eigenvalue weighted by Crippen LogP contribution is -2.38. The van der Waals surface area contributed by atoms with Crippen LogP contribution in [0.2, 0.25) is 0 Å². The second-order valence-corrected chi connectivity index (χ2v) is 5.58. The lowest BCUT2D eigenvalue weighted by molar-refractivity contribution is -0.131. The molecule has 1 aromatic heterocycles. The normalized spacial score (nSPS) is 11.6. The van der Waals surface area contributed by atoms with Crippen molar-refractivity contribution in [1.29, 1.82) is 5.26 Å². The third-order valence-corrected chi connectivity index (χ3v) is 3.96. The molecule has 126 valence electrons. The van der Waals surface area contributed by atoms with Gasteiger partial charge in [0.25, 0.3) is 0 Å². The fraction of sp³-hybridized carbons (Fsp3) is 0.353. The van der Waals surface area contributed by atoms with Crippen molar-refractivity contribution in [2.45, 2.75) is 25.9 Å². The highest BCUT2D eigenvalue weighted by atomic mass is 35.5. The maximum Gasteiger partial charge on any atom is 0.238 e. The van der Waals surface area contributed by atoms with Gasteiger partial charge in [0.2, 0.25) is 5.91 Å². The van der Waals surface area contributed by atoms with Gasteiger partial charge in [0.1, 0.15) is 11.6 Å². The molecule has 1 atom stereocenters. The van der Waals surface area contributed by atoms with Gasteiger partial charge in [0.05, 0.1) is 25.3 Å². The number of hydrogen-bond donors (Lipinski definition) is 0. The molecule has 0 aliphatic heterocycles. The van der Waals surface area contributed by atoms with Gasteiger partial charge >= 0.3 is 0 Å². The quantitative estimate of drug-likeness (QED) is 0.723. The number of alkyl halides is 1. The fourth-order valence-corrected chi connectivity index (χ4v) is 2.57. The van der Waals surface area contributed by atoms with Crippen molar-refractivity contribution in [2.24, 2.45) is 0 Å². The number of amides is 1. The number of carbonyl (C=O) groups excluding carboxylic acids is 1. The highest BCUT2D eigenvalue weighted by Crippen LogP contribution is 2.25. The van der Waals surface area contributed by atoms with Gasteiger partial charge in [-0.05, 0) is 19.1 Å². The first-order valence-electron chi connectivity index (χ1n) is 7.50. The van der Waals surface area contributed by atoms with Crippen LogP contribution in [-0.2, 0) is 11.3 Å². The molecule has 0 aliphatic carbocycles. The summed E-state index contributed by atoms with van der Waals surface area (Å²) in [6, 6.07) is 9.36. The van der Waals surface area contributed by atoms with Gasteiger partial charge in [-0.25, -0.2) is 4.68 Å². The number of hydrogen-bond acceptors (Lipinski definition) is 4. The second kappa shape index (κ2) is 8.37. The lowest BCUT2D eigenvalue weighted by atomic mass is 10.1. The van der Waals surface area contributed by atoms with Crippen LogP contribution in [0, 0.1) is 11.3 Å². The van der Waals surface area contributed by atoms with E-state index < -0.39 is 0 Å². The third kappa shape index (κ3) is 4.06. The van der Waals surface area contributed by atoms with Crippen LogP contribution in [0.15, 0.2) is 36.7 Å². The smallest absolute Gasteiger partial charge is 0.238 e. The molecule has 1 heterocycles. The van der Waals surface area contributed by atoms with Gasteiger partial charge < -0.3 is 9.64 Å². The summed E-state index contributed by atoms with van der Waals surface area (Å²) in [4.78, 5) is 13.7. The van der Waals surface area contributed by atoms with Crippen LogP contribution in [0.3, 0.4) is 0 Å². The monoisotopic (exact) mass is 346 g/mol. The summed E-state index contributed by atoms with van der Waals surface area (Å²) in [7, 11) is 1.58. The number of ether oxygens (including phenoxy) is 1. The van der Waals surface area contributed by atoms with Gasteiger partial charge in [-0.1, -0.05) is 6.07 Å². The predicted molar refractivity (Wildman–Crippen MR) is 91.1 cm³/mol. The first-order valence-corrected chi connectivity index (χ1v) is 8.03. The Labute approximate surface area is 146 Å². The van der Waals surface area contributed by atoms with E-state index in [2.05, 4.69) is 11.2 Å². The molecule has 0 saturated heterocycles. The number of carbonyl (C=O) groups is 1. The molecule has 0 aliphatic rings. The van der Waals surface area contributed by atoms with Gasteiger partial charge in [-0.15, -0.1) is 11.6 Å². The van der Waals surface area contributed by atoms with Crippen LogP contribution in [0.5, 0.6) is 5.75 Å². The highest BCUT2D eigenvalue weighted by molar-refractivity contribution is 6.27. The largest absolute Gasteiger partial charge is 0.496 e. The highest BCUT2D eigenvalue weighted by Gasteiger charge is 2.21. The van der Waals surface area contributed by atoms with Gasteiger partial charge in [-0.3, -0.25) is 4.79 Å². The number of methoxy groups -OCH3 is 1. The molecular weight excluding hydrogens is 328 g/mol. The van der Waals surface area contributed by atoms with E-state index in [1.807, 2.05) is 37.4 Å². The molecular formula is C17H19ClN4O2. The molecule has 0 N–H and O–H groups in total.